The standard InChI is InChI=1S/C13H13F3N2O2S/c1-19-9-5-3-4-8(11(9)20-2)6-17-12-18-7-10(21-12)13(14,15)16/h3-5,7H,6H2,1-2H3,(H,17,18). The molecule has 0 aliphatic rings. The molecule has 1 aromatic carbocycles. The number of ether oxygens (including phenoxy) is 2. The Morgan fingerprint density at radius 1 is 1.24 bits per heavy atom. The van der Waals surface area contributed by atoms with Crippen molar-refractivity contribution in [3.05, 3.63) is 34.8 Å². The second kappa shape index (κ2) is 6.21. The van der Waals surface area contributed by atoms with Crippen LogP contribution in [0.25, 0.3) is 0 Å². The van der Waals surface area contributed by atoms with Crippen LogP contribution in [0.4, 0.5) is 18.3 Å². The summed E-state index contributed by atoms with van der Waals surface area (Å²) in [7, 11) is 3.03. The number of aromatic nitrogens is 1. The minimum absolute atomic E-state index is 0.201. The molecule has 1 heterocycles. The van der Waals surface area contributed by atoms with Gasteiger partial charge in [-0.15, -0.1) is 0 Å². The Morgan fingerprint density at radius 3 is 2.57 bits per heavy atom. The van der Waals surface area contributed by atoms with Gasteiger partial charge in [0.2, 0.25) is 0 Å². The largest absolute Gasteiger partial charge is 0.493 e. The Hall–Kier alpha value is -1.96. The number of alkyl halides is 3. The van der Waals surface area contributed by atoms with Gasteiger partial charge in [0.05, 0.1) is 20.4 Å². The van der Waals surface area contributed by atoms with Gasteiger partial charge in [-0.1, -0.05) is 23.5 Å². The molecule has 8 heteroatoms. The molecule has 0 spiro atoms. The topological polar surface area (TPSA) is 43.4 Å². The van der Waals surface area contributed by atoms with E-state index >= 15 is 0 Å². The Kier molecular flexibility index (Phi) is 4.56. The van der Waals surface area contributed by atoms with Crippen LogP contribution in [-0.4, -0.2) is 19.2 Å². The molecule has 114 valence electrons. The van der Waals surface area contributed by atoms with E-state index in [1.165, 1.54) is 14.2 Å². The number of thiazole rings is 1. The first-order chi connectivity index (χ1) is 9.95. The molecule has 4 nitrogen and oxygen atoms in total. The van der Waals surface area contributed by atoms with Crippen molar-refractivity contribution in [1.29, 1.82) is 0 Å². The predicted molar refractivity (Wildman–Crippen MR) is 74.0 cm³/mol. The first-order valence-corrected chi connectivity index (χ1v) is 6.74. The smallest absolute Gasteiger partial charge is 0.427 e. The minimum atomic E-state index is -4.37. The first-order valence-electron chi connectivity index (χ1n) is 5.92. The second-order valence-corrected chi connectivity index (χ2v) is 5.06. The highest BCUT2D eigenvalue weighted by atomic mass is 32.1. The molecule has 0 bridgehead atoms. The van der Waals surface area contributed by atoms with E-state index in [1.54, 1.807) is 18.2 Å². The molecular weight excluding hydrogens is 305 g/mol. The van der Waals surface area contributed by atoms with Crippen molar-refractivity contribution in [2.75, 3.05) is 19.5 Å². The average Bonchev–Trinajstić information content (AvgIpc) is 2.93. The maximum Gasteiger partial charge on any atom is 0.427 e. The zero-order valence-corrected chi connectivity index (χ0v) is 12.1. The van der Waals surface area contributed by atoms with Crippen molar-refractivity contribution in [1.82, 2.24) is 4.98 Å². The third-order valence-electron chi connectivity index (χ3n) is 2.70. The molecule has 0 unspecified atom stereocenters. The van der Waals surface area contributed by atoms with E-state index in [-0.39, 0.29) is 11.7 Å². The van der Waals surface area contributed by atoms with Crippen molar-refractivity contribution in [3.63, 3.8) is 0 Å². The molecule has 2 rings (SSSR count). The van der Waals surface area contributed by atoms with Crippen molar-refractivity contribution < 1.29 is 22.6 Å². The molecule has 1 N–H and O–H groups in total. The molecule has 0 fully saturated rings. The lowest BCUT2D eigenvalue weighted by molar-refractivity contribution is -0.134. The number of benzene rings is 1. The number of halogens is 3. The van der Waals surface area contributed by atoms with E-state index in [1.807, 2.05) is 0 Å². The first kappa shape index (κ1) is 15.4. The van der Waals surface area contributed by atoms with Crippen LogP contribution in [0.5, 0.6) is 11.5 Å². The number of nitrogens with one attached hydrogen (secondary N) is 1. The van der Waals surface area contributed by atoms with Crippen LogP contribution < -0.4 is 14.8 Å². The molecule has 1 aromatic heterocycles. The summed E-state index contributed by atoms with van der Waals surface area (Å²) in [5.41, 5.74) is 0.764. The van der Waals surface area contributed by atoms with Gasteiger partial charge in [0, 0.05) is 12.1 Å². The van der Waals surface area contributed by atoms with E-state index in [0.29, 0.717) is 22.8 Å². The summed E-state index contributed by atoms with van der Waals surface area (Å²) >= 11 is 0.563. The van der Waals surface area contributed by atoms with Crippen molar-refractivity contribution in [2.24, 2.45) is 0 Å². The summed E-state index contributed by atoms with van der Waals surface area (Å²) in [6.07, 6.45) is -3.55. The normalized spacial score (nSPS) is 11.3. The van der Waals surface area contributed by atoms with E-state index in [0.717, 1.165) is 11.8 Å². The fraction of sp³-hybridized carbons (Fsp3) is 0.308. The lowest BCUT2D eigenvalue weighted by atomic mass is 10.2. The maximum atomic E-state index is 12.5. The molecule has 2 aromatic rings. The summed E-state index contributed by atoms with van der Waals surface area (Å²) in [6.45, 7) is 0.283. The molecule has 0 saturated heterocycles. The maximum absolute atomic E-state index is 12.5. The Labute approximate surface area is 123 Å². The van der Waals surface area contributed by atoms with Crippen LogP contribution >= 0.6 is 11.3 Å². The van der Waals surface area contributed by atoms with E-state index in [9.17, 15) is 13.2 Å². The third-order valence-corrected chi connectivity index (χ3v) is 3.70. The van der Waals surface area contributed by atoms with Gasteiger partial charge in [-0.3, -0.25) is 0 Å². The zero-order chi connectivity index (χ0) is 15.5. The molecule has 0 amide bonds. The van der Waals surface area contributed by atoms with Crippen LogP contribution in [0, 0.1) is 0 Å². The summed E-state index contributed by atoms with van der Waals surface area (Å²) in [6, 6.07) is 5.32. The summed E-state index contributed by atoms with van der Waals surface area (Å²) in [4.78, 5) is 2.98. The van der Waals surface area contributed by atoms with Crippen LogP contribution in [0.3, 0.4) is 0 Å². The molecule has 21 heavy (non-hydrogen) atoms. The Balaban J connectivity index is 2.11. The molecule has 0 saturated carbocycles. The fourth-order valence-electron chi connectivity index (χ4n) is 1.75. The highest BCUT2D eigenvalue weighted by Gasteiger charge is 2.33. The van der Waals surface area contributed by atoms with Crippen LogP contribution in [0.2, 0.25) is 0 Å². The van der Waals surface area contributed by atoms with E-state index in [2.05, 4.69) is 10.3 Å². The van der Waals surface area contributed by atoms with Gasteiger partial charge < -0.3 is 14.8 Å². The SMILES string of the molecule is COc1cccc(CNc2ncc(C(F)(F)F)s2)c1OC. The molecule has 0 atom stereocenters. The van der Waals surface area contributed by atoms with Crippen molar-refractivity contribution >= 4 is 16.5 Å². The number of methoxy groups -OCH3 is 2. The van der Waals surface area contributed by atoms with Gasteiger partial charge in [0.1, 0.15) is 4.88 Å². The summed E-state index contributed by atoms with van der Waals surface area (Å²) in [5.74, 6) is 1.10. The van der Waals surface area contributed by atoms with Crippen LogP contribution in [-0.2, 0) is 12.7 Å². The monoisotopic (exact) mass is 318 g/mol. The van der Waals surface area contributed by atoms with Gasteiger partial charge in [-0.05, 0) is 6.07 Å². The molecule has 0 aliphatic carbocycles. The molecule has 0 radical (unpaired) electrons. The van der Waals surface area contributed by atoms with Gasteiger partial charge in [0.25, 0.3) is 0 Å². The summed E-state index contributed by atoms with van der Waals surface area (Å²) in [5, 5.41) is 3.05. The number of hydrogen-bond acceptors (Lipinski definition) is 5. The van der Waals surface area contributed by atoms with Crippen LogP contribution in [0.1, 0.15) is 10.4 Å². The quantitative estimate of drug-likeness (QED) is 0.911. The van der Waals surface area contributed by atoms with E-state index < -0.39 is 11.1 Å². The number of para-hydroxylation sites is 1. The number of nitrogens with zero attached hydrogens (tertiary/aromatic N) is 1. The number of anilines is 1. The predicted octanol–water partition coefficient (Wildman–Crippen LogP) is 3.79. The van der Waals surface area contributed by atoms with Crippen LogP contribution in [0.15, 0.2) is 24.4 Å². The zero-order valence-electron chi connectivity index (χ0n) is 11.3. The highest BCUT2D eigenvalue weighted by Crippen LogP contribution is 2.36. The molecule has 0 aliphatic heterocycles. The summed E-state index contributed by atoms with van der Waals surface area (Å²) < 4.78 is 47.9. The van der Waals surface area contributed by atoms with E-state index in [4.69, 9.17) is 9.47 Å². The second-order valence-electron chi connectivity index (χ2n) is 4.03. The number of rotatable bonds is 5. The lowest BCUT2D eigenvalue weighted by Crippen LogP contribution is -2.02. The van der Waals surface area contributed by atoms with Gasteiger partial charge in [-0.25, -0.2) is 4.98 Å². The van der Waals surface area contributed by atoms with Gasteiger partial charge in [0.15, 0.2) is 16.6 Å². The third kappa shape index (κ3) is 3.57. The Morgan fingerprint density at radius 2 is 2.00 bits per heavy atom. The average molecular weight is 318 g/mol. The van der Waals surface area contributed by atoms with Gasteiger partial charge >= 0.3 is 6.18 Å². The Bertz CT molecular complexity index is 614. The number of hydrogen-bond donors (Lipinski definition) is 1. The lowest BCUT2D eigenvalue weighted by Gasteiger charge is -2.12. The minimum Gasteiger partial charge on any atom is -0.493 e. The van der Waals surface area contributed by atoms with Gasteiger partial charge in [-0.2, -0.15) is 13.2 Å². The molecular formula is C13H13F3N2O2S. The highest BCUT2D eigenvalue weighted by molar-refractivity contribution is 7.15. The van der Waals surface area contributed by atoms with Crippen molar-refractivity contribution in [3.8, 4) is 11.5 Å². The fourth-order valence-corrected chi connectivity index (χ4v) is 2.43. The van der Waals surface area contributed by atoms with Crippen molar-refractivity contribution in [2.45, 2.75) is 12.7 Å².